The second kappa shape index (κ2) is 10.3. The Labute approximate surface area is 181 Å². The van der Waals surface area contributed by atoms with Crippen LogP contribution < -0.4 is 14.8 Å². The lowest BCUT2D eigenvalue weighted by molar-refractivity contribution is 0.241. The zero-order chi connectivity index (χ0) is 19.9. The van der Waals surface area contributed by atoms with Crippen LogP contribution in [0.3, 0.4) is 0 Å². The Morgan fingerprint density at radius 2 is 1.86 bits per heavy atom. The molecule has 2 aromatic heterocycles. The van der Waals surface area contributed by atoms with Crippen LogP contribution in [0.2, 0.25) is 0 Å². The van der Waals surface area contributed by atoms with E-state index in [9.17, 15) is 0 Å². The van der Waals surface area contributed by atoms with Crippen molar-refractivity contribution in [1.82, 2.24) is 10.2 Å². The summed E-state index contributed by atoms with van der Waals surface area (Å²) in [6.07, 6.45) is 2.62. The van der Waals surface area contributed by atoms with Gasteiger partial charge in [-0.15, -0.1) is 22.7 Å². The Hall–Kier alpha value is -1.86. The largest absolute Gasteiger partial charge is 0.493 e. The molecule has 1 fully saturated rings. The van der Waals surface area contributed by atoms with Gasteiger partial charge in [-0.3, -0.25) is 4.90 Å². The highest BCUT2D eigenvalue weighted by molar-refractivity contribution is 7.10. The molecule has 0 saturated carbocycles. The molecule has 1 atom stereocenters. The summed E-state index contributed by atoms with van der Waals surface area (Å²) in [4.78, 5) is 5.27. The van der Waals surface area contributed by atoms with E-state index in [0.29, 0.717) is 12.6 Å². The van der Waals surface area contributed by atoms with E-state index >= 15 is 0 Å². The molecule has 1 aliphatic rings. The molecule has 0 bridgehead atoms. The van der Waals surface area contributed by atoms with E-state index in [-0.39, 0.29) is 0 Å². The van der Waals surface area contributed by atoms with E-state index in [2.05, 4.69) is 51.3 Å². The molecular formula is C23H28N2O2S2. The molecule has 1 aromatic carbocycles. The highest BCUT2D eigenvalue weighted by Gasteiger charge is 2.23. The summed E-state index contributed by atoms with van der Waals surface area (Å²) in [5, 5.41) is 7.91. The summed E-state index contributed by atoms with van der Waals surface area (Å²) < 4.78 is 11.5. The summed E-state index contributed by atoms with van der Waals surface area (Å²) >= 11 is 3.56. The maximum Gasteiger partial charge on any atom is 0.161 e. The average molecular weight is 429 g/mol. The SMILES string of the molecule is COc1cc(CNC[C@H](c2cccs2)N2CCCC2)ccc1OCc1cccs1. The van der Waals surface area contributed by atoms with E-state index in [1.807, 2.05) is 23.5 Å². The quantitative estimate of drug-likeness (QED) is 0.474. The van der Waals surface area contributed by atoms with Crippen molar-refractivity contribution in [3.05, 3.63) is 68.5 Å². The minimum absolute atomic E-state index is 0.466. The van der Waals surface area contributed by atoms with Crippen molar-refractivity contribution in [2.24, 2.45) is 0 Å². The predicted molar refractivity (Wildman–Crippen MR) is 121 cm³/mol. The van der Waals surface area contributed by atoms with Crippen molar-refractivity contribution >= 4 is 22.7 Å². The molecule has 4 rings (SSSR count). The molecule has 3 aromatic rings. The van der Waals surface area contributed by atoms with Crippen molar-refractivity contribution in [1.29, 1.82) is 0 Å². The lowest BCUT2D eigenvalue weighted by Gasteiger charge is -2.27. The van der Waals surface area contributed by atoms with Gasteiger partial charge in [0.05, 0.1) is 13.2 Å². The molecule has 0 aliphatic carbocycles. The van der Waals surface area contributed by atoms with Gasteiger partial charge in [-0.25, -0.2) is 0 Å². The number of hydrogen-bond acceptors (Lipinski definition) is 6. The summed E-state index contributed by atoms with van der Waals surface area (Å²) in [6.45, 7) is 4.75. The number of ether oxygens (including phenoxy) is 2. The summed E-state index contributed by atoms with van der Waals surface area (Å²) in [5.74, 6) is 1.58. The Morgan fingerprint density at radius 1 is 1.03 bits per heavy atom. The van der Waals surface area contributed by atoms with Gasteiger partial charge in [-0.1, -0.05) is 18.2 Å². The van der Waals surface area contributed by atoms with Gasteiger partial charge < -0.3 is 14.8 Å². The molecule has 3 heterocycles. The Morgan fingerprint density at radius 3 is 2.59 bits per heavy atom. The number of methoxy groups -OCH3 is 1. The minimum atomic E-state index is 0.466. The lowest BCUT2D eigenvalue weighted by Crippen LogP contribution is -2.33. The molecular weight excluding hydrogens is 400 g/mol. The first-order valence-electron chi connectivity index (χ1n) is 10.1. The van der Waals surface area contributed by atoms with E-state index in [1.165, 1.54) is 41.2 Å². The van der Waals surface area contributed by atoms with E-state index in [0.717, 1.165) is 24.6 Å². The van der Waals surface area contributed by atoms with Crippen molar-refractivity contribution in [2.45, 2.75) is 32.0 Å². The molecule has 1 N–H and O–H groups in total. The van der Waals surface area contributed by atoms with Crippen LogP contribution >= 0.6 is 22.7 Å². The Bertz CT molecular complexity index is 859. The smallest absolute Gasteiger partial charge is 0.161 e. The van der Waals surface area contributed by atoms with Gasteiger partial charge in [-0.2, -0.15) is 0 Å². The molecule has 0 radical (unpaired) electrons. The summed E-state index contributed by atoms with van der Waals surface area (Å²) in [7, 11) is 1.70. The van der Waals surface area contributed by atoms with Gasteiger partial charge in [0.25, 0.3) is 0 Å². The monoisotopic (exact) mass is 428 g/mol. The third kappa shape index (κ3) is 5.39. The standard InChI is InChI=1S/C23H28N2O2S2/c1-26-22-14-18(8-9-21(22)27-17-19-6-4-12-28-19)15-24-16-20(23-7-5-13-29-23)25-10-2-3-11-25/h4-9,12-14,20,24H,2-3,10-11,15-17H2,1H3/t20-/m1/s1. The van der Waals surface area contributed by atoms with E-state index in [4.69, 9.17) is 9.47 Å². The number of thiophene rings is 2. The van der Waals surface area contributed by atoms with Gasteiger partial charge in [-0.05, 0) is 66.5 Å². The predicted octanol–water partition coefficient (Wildman–Crippen LogP) is 5.32. The normalized spacial score (nSPS) is 15.5. The van der Waals surface area contributed by atoms with Crippen molar-refractivity contribution in [2.75, 3.05) is 26.7 Å². The first-order chi connectivity index (χ1) is 14.3. The molecule has 4 nitrogen and oxygen atoms in total. The topological polar surface area (TPSA) is 33.7 Å². The van der Waals surface area contributed by atoms with Gasteiger partial charge >= 0.3 is 0 Å². The second-order valence-corrected chi connectivity index (χ2v) is 9.27. The first-order valence-corrected chi connectivity index (χ1v) is 11.9. The Balaban J connectivity index is 1.34. The number of likely N-dealkylation sites (tertiary alicyclic amines) is 1. The molecule has 29 heavy (non-hydrogen) atoms. The highest BCUT2D eigenvalue weighted by atomic mass is 32.1. The highest BCUT2D eigenvalue weighted by Crippen LogP contribution is 2.30. The number of hydrogen-bond donors (Lipinski definition) is 1. The van der Waals surface area contributed by atoms with Crippen LogP contribution in [0.1, 0.15) is 34.2 Å². The van der Waals surface area contributed by atoms with Crippen molar-refractivity contribution < 1.29 is 9.47 Å². The molecule has 154 valence electrons. The van der Waals surface area contributed by atoms with Crippen LogP contribution in [0.5, 0.6) is 11.5 Å². The van der Waals surface area contributed by atoms with Gasteiger partial charge in [0.1, 0.15) is 6.61 Å². The number of rotatable bonds is 10. The van der Waals surface area contributed by atoms with Crippen molar-refractivity contribution in [3.63, 3.8) is 0 Å². The van der Waals surface area contributed by atoms with Crippen LogP contribution in [-0.4, -0.2) is 31.6 Å². The first kappa shape index (κ1) is 20.4. The van der Waals surface area contributed by atoms with Crippen LogP contribution in [0.15, 0.2) is 53.2 Å². The fraction of sp³-hybridized carbons (Fsp3) is 0.391. The molecule has 1 aliphatic heterocycles. The van der Waals surface area contributed by atoms with Gasteiger partial charge in [0, 0.05) is 22.8 Å². The third-order valence-corrected chi connectivity index (χ3v) is 7.12. The fourth-order valence-electron chi connectivity index (χ4n) is 3.78. The van der Waals surface area contributed by atoms with Crippen LogP contribution in [-0.2, 0) is 13.2 Å². The Kier molecular flexibility index (Phi) is 7.22. The van der Waals surface area contributed by atoms with Gasteiger partial charge in [0.2, 0.25) is 0 Å². The number of benzene rings is 1. The average Bonchev–Trinajstić information content (AvgIpc) is 3.53. The summed E-state index contributed by atoms with van der Waals surface area (Å²) in [6, 6.07) is 15.2. The van der Waals surface area contributed by atoms with Crippen molar-refractivity contribution in [3.8, 4) is 11.5 Å². The van der Waals surface area contributed by atoms with Crippen LogP contribution in [0.4, 0.5) is 0 Å². The van der Waals surface area contributed by atoms with Gasteiger partial charge in [0.15, 0.2) is 11.5 Å². The number of nitrogens with one attached hydrogen (secondary N) is 1. The maximum absolute atomic E-state index is 5.95. The summed E-state index contributed by atoms with van der Waals surface area (Å²) in [5.41, 5.74) is 1.21. The van der Waals surface area contributed by atoms with Crippen LogP contribution in [0, 0.1) is 0 Å². The second-order valence-electron chi connectivity index (χ2n) is 7.26. The zero-order valence-corrected chi connectivity index (χ0v) is 18.4. The molecule has 0 spiro atoms. The van der Waals surface area contributed by atoms with E-state index < -0.39 is 0 Å². The zero-order valence-electron chi connectivity index (χ0n) is 16.8. The minimum Gasteiger partial charge on any atom is -0.493 e. The van der Waals surface area contributed by atoms with E-state index in [1.54, 1.807) is 18.4 Å². The molecule has 6 heteroatoms. The maximum atomic E-state index is 5.95. The number of nitrogens with zero attached hydrogens (tertiary/aromatic N) is 1. The third-order valence-electron chi connectivity index (χ3n) is 5.30. The van der Waals surface area contributed by atoms with Crippen LogP contribution in [0.25, 0.3) is 0 Å². The molecule has 1 saturated heterocycles. The lowest BCUT2D eigenvalue weighted by atomic mass is 10.1. The molecule has 0 amide bonds. The molecule has 0 unspecified atom stereocenters. The fourth-order valence-corrected chi connectivity index (χ4v) is 5.26.